The molecule has 2 aliphatic heterocycles. The van der Waals surface area contributed by atoms with Crippen LogP contribution in [0.4, 0.5) is 0 Å². The van der Waals surface area contributed by atoms with E-state index in [1.165, 1.54) is 37.8 Å². The van der Waals surface area contributed by atoms with Crippen molar-refractivity contribution in [3.05, 3.63) is 41.5 Å². The van der Waals surface area contributed by atoms with Crippen LogP contribution in [0.1, 0.15) is 49.4 Å². The van der Waals surface area contributed by atoms with Crippen molar-refractivity contribution in [2.24, 2.45) is 0 Å². The van der Waals surface area contributed by atoms with E-state index in [4.69, 9.17) is 9.26 Å². The summed E-state index contributed by atoms with van der Waals surface area (Å²) in [5, 5.41) is 4.09. The van der Waals surface area contributed by atoms with Crippen LogP contribution < -0.4 is 4.74 Å². The van der Waals surface area contributed by atoms with Gasteiger partial charge in [-0.15, -0.1) is 0 Å². The van der Waals surface area contributed by atoms with Crippen molar-refractivity contribution < 1.29 is 9.26 Å². The molecule has 152 valence electrons. The zero-order valence-corrected chi connectivity index (χ0v) is 17.0. The molecule has 1 aromatic carbocycles. The van der Waals surface area contributed by atoms with E-state index in [1.807, 2.05) is 6.92 Å². The van der Waals surface area contributed by atoms with Crippen molar-refractivity contribution >= 4 is 0 Å². The van der Waals surface area contributed by atoms with Gasteiger partial charge in [-0.25, -0.2) is 0 Å². The number of rotatable bonds is 2. The maximum atomic E-state index is 6.01. The van der Waals surface area contributed by atoms with Gasteiger partial charge in [-0.05, 0) is 56.3 Å². The molecule has 2 aromatic rings. The normalized spacial score (nSPS) is 22.8. The van der Waals surface area contributed by atoms with Gasteiger partial charge in [0.1, 0.15) is 5.75 Å². The van der Waals surface area contributed by atoms with Crippen LogP contribution >= 0.6 is 0 Å². The molecular formula is C22H32N4O2. The Balaban J connectivity index is 1.46. The summed E-state index contributed by atoms with van der Waals surface area (Å²) in [6.07, 6.45) is 7.35. The number of nitrogens with zero attached hydrogens (tertiary/aromatic N) is 4. The molecule has 1 saturated heterocycles. The summed E-state index contributed by atoms with van der Waals surface area (Å²) >= 11 is 0. The second kappa shape index (κ2) is 9.52. The highest BCUT2D eigenvalue weighted by atomic mass is 16.5. The molecule has 2 aliphatic rings. The lowest BCUT2D eigenvalue weighted by Gasteiger charge is -2.37. The number of ether oxygens (including phenoxy) is 1. The van der Waals surface area contributed by atoms with Gasteiger partial charge in [0.25, 0.3) is 0 Å². The summed E-state index contributed by atoms with van der Waals surface area (Å²) in [6.45, 7) is 7.68. The first kappa shape index (κ1) is 19.4. The van der Waals surface area contributed by atoms with Crippen LogP contribution in [0.15, 0.2) is 28.8 Å². The van der Waals surface area contributed by atoms with E-state index < -0.39 is 0 Å². The molecule has 3 heterocycles. The number of piperidine rings is 1. The van der Waals surface area contributed by atoms with E-state index in [-0.39, 0.29) is 0 Å². The van der Waals surface area contributed by atoms with Crippen molar-refractivity contribution in [1.29, 1.82) is 0 Å². The number of fused-ring (bicyclic) bond motifs is 3. The molecule has 28 heavy (non-hydrogen) atoms. The average molecular weight is 385 g/mol. The van der Waals surface area contributed by atoms with E-state index in [9.17, 15) is 0 Å². The third-order valence-electron chi connectivity index (χ3n) is 5.94. The molecule has 6 heteroatoms. The highest BCUT2D eigenvalue weighted by Gasteiger charge is 2.23. The van der Waals surface area contributed by atoms with Crippen LogP contribution in [-0.2, 0) is 13.0 Å². The first-order valence-electron chi connectivity index (χ1n) is 10.7. The fourth-order valence-electron chi connectivity index (χ4n) is 4.43. The third-order valence-corrected chi connectivity index (χ3v) is 5.94. The molecule has 1 unspecified atom stereocenters. The van der Waals surface area contributed by atoms with E-state index >= 15 is 0 Å². The zero-order valence-electron chi connectivity index (χ0n) is 17.0. The number of aryl methyl sites for hydroxylation is 2. The van der Waals surface area contributed by atoms with Crippen molar-refractivity contribution in [2.75, 3.05) is 32.8 Å². The molecule has 0 aliphatic carbocycles. The number of hydrogen-bond donors (Lipinski definition) is 0. The first-order chi connectivity index (χ1) is 13.8. The minimum atomic E-state index is 0.636. The third kappa shape index (κ3) is 5.32. The molecule has 4 rings (SSSR count). The molecule has 2 bridgehead atoms. The minimum absolute atomic E-state index is 0.636. The predicted octanol–water partition coefficient (Wildman–Crippen LogP) is 3.45. The molecule has 0 radical (unpaired) electrons. The predicted molar refractivity (Wildman–Crippen MR) is 108 cm³/mol. The lowest BCUT2D eigenvalue weighted by atomic mass is 9.95. The van der Waals surface area contributed by atoms with Crippen LogP contribution in [0.25, 0.3) is 0 Å². The molecule has 6 nitrogen and oxygen atoms in total. The van der Waals surface area contributed by atoms with Gasteiger partial charge >= 0.3 is 0 Å². The van der Waals surface area contributed by atoms with Crippen molar-refractivity contribution in [2.45, 2.75) is 58.0 Å². The Labute approximate surface area is 167 Å². The lowest BCUT2D eigenvalue weighted by Crippen LogP contribution is -2.44. The van der Waals surface area contributed by atoms with Crippen molar-refractivity contribution in [3.8, 4) is 5.75 Å². The zero-order chi connectivity index (χ0) is 19.2. The molecule has 1 atom stereocenters. The van der Waals surface area contributed by atoms with Gasteiger partial charge in [0.2, 0.25) is 5.89 Å². The second-order valence-corrected chi connectivity index (χ2v) is 8.08. The average Bonchev–Trinajstić information content (AvgIpc) is 3.12. The maximum absolute atomic E-state index is 6.01. The largest absolute Gasteiger partial charge is 0.494 e. The van der Waals surface area contributed by atoms with E-state index in [0.29, 0.717) is 11.9 Å². The van der Waals surface area contributed by atoms with E-state index in [0.717, 1.165) is 57.2 Å². The molecule has 0 N–H and O–H groups in total. The van der Waals surface area contributed by atoms with Crippen molar-refractivity contribution in [3.63, 3.8) is 0 Å². The number of aromatic nitrogens is 2. The smallest absolute Gasteiger partial charge is 0.223 e. The molecular weight excluding hydrogens is 352 g/mol. The summed E-state index contributed by atoms with van der Waals surface area (Å²) < 4.78 is 11.2. The maximum Gasteiger partial charge on any atom is 0.223 e. The van der Waals surface area contributed by atoms with E-state index in [2.05, 4.69) is 44.2 Å². The SMILES string of the molecule is Cc1nc(CN2CCCOc3cccc(c3)CCC3CCCCN3CC2)no1. The summed E-state index contributed by atoms with van der Waals surface area (Å²) in [4.78, 5) is 9.55. The van der Waals surface area contributed by atoms with Crippen LogP contribution in [0.2, 0.25) is 0 Å². The van der Waals surface area contributed by atoms with Gasteiger partial charge < -0.3 is 9.26 Å². The van der Waals surface area contributed by atoms with Gasteiger partial charge in [0.15, 0.2) is 5.82 Å². The number of benzene rings is 1. The van der Waals surface area contributed by atoms with Crippen LogP contribution in [0, 0.1) is 6.92 Å². The Morgan fingerprint density at radius 3 is 2.93 bits per heavy atom. The Hall–Kier alpha value is -1.92. The summed E-state index contributed by atoms with van der Waals surface area (Å²) in [5.74, 6) is 2.41. The molecule has 1 fully saturated rings. The number of hydrogen-bond acceptors (Lipinski definition) is 6. The van der Waals surface area contributed by atoms with E-state index in [1.54, 1.807) is 0 Å². The minimum Gasteiger partial charge on any atom is -0.494 e. The second-order valence-electron chi connectivity index (χ2n) is 8.08. The Bertz CT molecular complexity index is 748. The summed E-state index contributed by atoms with van der Waals surface area (Å²) in [7, 11) is 0. The topological polar surface area (TPSA) is 54.6 Å². The van der Waals surface area contributed by atoms with Gasteiger partial charge in [-0.1, -0.05) is 23.7 Å². The monoisotopic (exact) mass is 384 g/mol. The summed E-state index contributed by atoms with van der Waals surface area (Å²) in [5.41, 5.74) is 1.40. The fourth-order valence-corrected chi connectivity index (χ4v) is 4.43. The Morgan fingerprint density at radius 1 is 1.07 bits per heavy atom. The van der Waals surface area contributed by atoms with Crippen LogP contribution in [-0.4, -0.2) is 58.8 Å². The Kier molecular flexibility index (Phi) is 6.60. The van der Waals surface area contributed by atoms with Gasteiger partial charge in [0, 0.05) is 32.6 Å². The van der Waals surface area contributed by atoms with Gasteiger partial charge in [-0.2, -0.15) is 4.98 Å². The quantitative estimate of drug-likeness (QED) is 0.790. The molecule has 1 aromatic heterocycles. The molecule has 0 amide bonds. The standard InChI is InChI=1S/C22H32N4O2/c1-18-23-22(24-28-18)17-25-11-5-15-27-21-8-4-6-19(16-21)9-10-20-7-2-3-12-26(20)14-13-25/h4,6,8,16,20H,2-3,5,7,9-15,17H2,1H3. The van der Waals surface area contributed by atoms with Crippen LogP contribution in [0.3, 0.4) is 0 Å². The molecule has 0 saturated carbocycles. The summed E-state index contributed by atoms with van der Waals surface area (Å²) in [6, 6.07) is 9.34. The van der Waals surface area contributed by atoms with Crippen molar-refractivity contribution in [1.82, 2.24) is 19.9 Å². The molecule has 0 spiro atoms. The Morgan fingerprint density at radius 2 is 2.04 bits per heavy atom. The highest BCUT2D eigenvalue weighted by Crippen LogP contribution is 2.23. The van der Waals surface area contributed by atoms with Gasteiger partial charge in [-0.3, -0.25) is 9.80 Å². The highest BCUT2D eigenvalue weighted by molar-refractivity contribution is 5.28. The lowest BCUT2D eigenvalue weighted by molar-refractivity contribution is 0.113. The van der Waals surface area contributed by atoms with Crippen LogP contribution in [0.5, 0.6) is 5.75 Å². The fraction of sp³-hybridized carbons (Fsp3) is 0.636. The van der Waals surface area contributed by atoms with Gasteiger partial charge in [0.05, 0.1) is 13.2 Å². The first-order valence-corrected chi connectivity index (χ1v) is 10.7.